The number of ether oxygens (including phenoxy) is 1. The van der Waals surface area contributed by atoms with Crippen molar-refractivity contribution in [1.29, 1.82) is 0 Å². The molecule has 0 saturated carbocycles. The molecule has 5 nitrogen and oxygen atoms in total. The van der Waals surface area contributed by atoms with Crippen molar-refractivity contribution in [2.24, 2.45) is 0 Å². The molecular formula is C14H15N3O2S. The number of nitrogens with one attached hydrogen (secondary N) is 1. The Morgan fingerprint density at radius 3 is 3.05 bits per heavy atom. The normalized spacial score (nSPS) is 10.1. The Kier molecular flexibility index (Phi) is 4.84. The molecule has 0 radical (unpaired) electrons. The van der Waals surface area contributed by atoms with Crippen LogP contribution >= 0.6 is 11.8 Å². The van der Waals surface area contributed by atoms with Crippen LogP contribution in [0.2, 0.25) is 0 Å². The van der Waals surface area contributed by atoms with E-state index in [4.69, 9.17) is 10.5 Å². The van der Waals surface area contributed by atoms with Crippen LogP contribution in [0.5, 0.6) is 5.75 Å². The van der Waals surface area contributed by atoms with E-state index in [0.717, 1.165) is 4.90 Å². The van der Waals surface area contributed by atoms with E-state index in [1.807, 2.05) is 18.2 Å². The molecule has 0 atom stereocenters. The average molecular weight is 289 g/mol. The topological polar surface area (TPSA) is 77.2 Å². The van der Waals surface area contributed by atoms with Crippen molar-refractivity contribution in [3.63, 3.8) is 0 Å². The molecule has 0 saturated heterocycles. The molecule has 6 heteroatoms. The van der Waals surface area contributed by atoms with Gasteiger partial charge in [-0.1, -0.05) is 6.07 Å². The van der Waals surface area contributed by atoms with Crippen LogP contribution in [0.1, 0.15) is 0 Å². The van der Waals surface area contributed by atoms with Crippen LogP contribution in [-0.2, 0) is 4.79 Å². The number of rotatable bonds is 5. The maximum atomic E-state index is 11.9. The number of anilines is 2. The number of carbonyl (C=O) groups excluding carboxylic acids is 1. The highest BCUT2D eigenvalue weighted by Crippen LogP contribution is 2.23. The Morgan fingerprint density at radius 2 is 2.30 bits per heavy atom. The first-order chi connectivity index (χ1) is 9.69. The molecule has 0 aliphatic carbocycles. The Balaban J connectivity index is 1.91. The lowest BCUT2D eigenvalue weighted by Crippen LogP contribution is -2.14. The second-order valence-electron chi connectivity index (χ2n) is 3.98. The number of pyridine rings is 1. The van der Waals surface area contributed by atoms with Crippen LogP contribution in [0.25, 0.3) is 0 Å². The van der Waals surface area contributed by atoms with E-state index in [2.05, 4.69) is 10.3 Å². The molecule has 2 aromatic rings. The minimum atomic E-state index is -0.0977. The third-order valence-corrected chi connectivity index (χ3v) is 3.61. The molecule has 104 valence electrons. The van der Waals surface area contributed by atoms with E-state index in [0.29, 0.717) is 17.1 Å². The van der Waals surface area contributed by atoms with Gasteiger partial charge in [0.1, 0.15) is 5.75 Å². The Bertz CT molecular complexity index is 604. The first-order valence-corrected chi connectivity index (χ1v) is 6.94. The minimum absolute atomic E-state index is 0.0977. The molecule has 1 aromatic carbocycles. The second kappa shape index (κ2) is 6.81. The number of carbonyl (C=O) groups is 1. The number of methoxy groups -OCH3 is 1. The highest BCUT2D eigenvalue weighted by Gasteiger charge is 2.06. The maximum Gasteiger partial charge on any atom is 0.234 e. The summed E-state index contributed by atoms with van der Waals surface area (Å²) in [4.78, 5) is 16.6. The van der Waals surface area contributed by atoms with E-state index in [1.165, 1.54) is 11.8 Å². The lowest BCUT2D eigenvalue weighted by Gasteiger charge is -2.07. The SMILES string of the molecule is COc1cccc(NC(=O)CSc2ccncc2N)c1. The van der Waals surface area contributed by atoms with Gasteiger partial charge in [0, 0.05) is 22.8 Å². The summed E-state index contributed by atoms with van der Waals surface area (Å²) in [6.07, 6.45) is 3.22. The minimum Gasteiger partial charge on any atom is -0.497 e. The molecule has 3 N–H and O–H groups in total. The number of nitrogens with zero attached hydrogens (tertiary/aromatic N) is 1. The van der Waals surface area contributed by atoms with Crippen molar-refractivity contribution < 1.29 is 9.53 Å². The van der Waals surface area contributed by atoms with E-state index in [1.54, 1.807) is 31.6 Å². The van der Waals surface area contributed by atoms with Crippen LogP contribution < -0.4 is 15.8 Å². The average Bonchev–Trinajstić information content (AvgIpc) is 2.46. The monoisotopic (exact) mass is 289 g/mol. The van der Waals surface area contributed by atoms with Gasteiger partial charge in [-0.05, 0) is 18.2 Å². The Morgan fingerprint density at radius 1 is 1.45 bits per heavy atom. The zero-order chi connectivity index (χ0) is 14.4. The number of hydrogen-bond acceptors (Lipinski definition) is 5. The molecule has 1 amide bonds. The van der Waals surface area contributed by atoms with Gasteiger partial charge < -0.3 is 15.8 Å². The summed E-state index contributed by atoms with van der Waals surface area (Å²) in [7, 11) is 1.59. The number of nitrogens with two attached hydrogens (primary N) is 1. The molecule has 0 fully saturated rings. The molecule has 0 aliphatic heterocycles. The third kappa shape index (κ3) is 3.89. The van der Waals surface area contributed by atoms with Crippen LogP contribution in [-0.4, -0.2) is 23.8 Å². The van der Waals surface area contributed by atoms with Gasteiger partial charge in [0.25, 0.3) is 0 Å². The molecule has 20 heavy (non-hydrogen) atoms. The predicted octanol–water partition coefficient (Wildman–Crippen LogP) is 2.40. The number of hydrogen-bond donors (Lipinski definition) is 2. The van der Waals surface area contributed by atoms with E-state index in [-0.39, 0.29) is 11.7 Å². The first-order valence-electron chi connectivity index (χ1n) is 5.95. The van der Waals surface area contributed by atoms with Crippen LogP contribution in [0.15, 0.2) is 47.6 Å². The van der Waals surface area contributed by atoms with Gasteiger partial charge in [-0.25, -0.2) is 0 Å². The number of amides is 1. The van der Waals surface area contributed by atoms with E-state index in [9.17, 15) is 4.79 Å². The summed E-state index contributed by atoms with van der Waals surface area (Å²) in [6.45, 7) is 0. The molecule has 0 aliphatic rings. The molecule has 2 rings (SSSR count). The largest absolute Gasteiger partial charge is 0.497 e. The summed E-state index contributed by atoms with van der Waals surface area (Å²) < 4.78 is 5.10. The van der Waals surface area contributed by atoms with Crippen LogP contribution in [0.4, 0.5) is 11.4 Å². The van der Waals surface area contributed by atoms with Gasteiger partial charge in [0.05, 0.1) is 24.7 Å². The number of nitrogen functional groups attached to an aromatic ring is 1. The predicted molar refractivity (Wildman–Crippen MR) is 81.0 cm³/mol. The van der Waals surface area contributed by atoms with Gasteiger partial charge in [0.2, 0.25) is 5.91 Å². The zero-order valence-electron chi connectivity index (χ0n) is 11.0. The van der Waals surface area contributed by atoms with Gasteiger partial charge in [-0.3, -0.25) is 9.78 Å². The third-order valence-electron chi connectivity index (χ3n) is 2.52. The Hall–Kier alpha value is -2.21. The molecular weight excluding hydrogens is 274 g/mol. The quantitative estimate of drug-likeness (QED) is 0.826. The maximum absolute atomic E-state index is 11.9. The molecule has 1 aromatic heterocycles. The summed E-state index contributed by atoms with van der Waals surface area (Å²) in [5, 5.41) is 2.81. The van der Waals surface area contributed by atoms with Crippen molar-refractivity contribution in [2.75, 3.05) is 23.9 Å². The van der Waals surface area contributed by atoms with Crippen molar-refractivity contribution in [3.8, 4) is 5.75 Å². The fraction of sp³-hybridized carbons (Fsp3) is 0.143. The molecule has 0 unspecified atom stereocenters. The standard InChI is InChI=1S/C14H15N3O2S/c1-19-11-4-2-3-10(7-11)17-14(18)9-20-13-5-6-16-8-12(13)15/h2-8H,9,15H2,1H3,(H,17,18). The molecule has 1 heterocycles. The van der Waals surface area contributed by atoms with Gasteiger partial charge >= 0.3 is 0 Å². The van der Waals surface area contributed by atoms with Gasteiger partial charge in [-0.15, -0.1) is 11.8 Å². The van der Waals surface area contributed by atoms with Crippen molar-refractivity contribution in [1.82, 2.24) is 4.98 Å². The second-order valence-corrected chi connectivity index (χ2v) is 5.00. The number of thioether (sulfide) groups is 1. The van der Waals surface area contributed by atoms with Gasteiger partial charge in [-0.2, -0.15) is 0 Å². The van der Waals surface area contributed by atoms with Crippen LogP contribution in [0, 0.1) is 0 Å². The molecule has 0 bridgehead atoms. The zero-order valence-corrected chi connectivity index (χ0v) is 11.8. The van der Waals surface area contributed by atoms with Crippen molar-refractivity contribution in [2.45, 2.75) is 4.90 Å². The van der Waals surface area contributed by atoms with Crippen molar-refractivity contribution >= 4 is 29.0 Å². The lowest BCUT2D eigenvalue weighted by molar-refractivity contribution is -0.113. The Labute approximate surface area is 121 Å². The smallest absolute Gasteiger partial charge is 0.234 e. The summed E-state index contributed by atoms with van der Waals surface area (Å²) in [6, 6.07) is 9.01. The van der Waals surface area contributed by atoms with E-state index >= 15 is 0 Å². The number of aromatic nitrogens is 1. The fourth-order valence-corrected chi connectivity index (χ4v) is 2.30. The highest BCUT2D eigenvalue weighted by atomic mass is 32.2. The lowest BCUT2D eigenvalue weighted by atomic mass is 10.3. The van der Waals surface area contributed by atoms with Crippen molar-refractivity contribution in [3.05, 3.63) is 42.7 Å². The van der Waals surface area contributed by atoms with E-state index < -0.39 is 0 Å². The van der Waals surface area contributed by atoms with Gasteiger partial charge in [0.15, 0.2) is 0 Å². The number of benzene rings is 1. The summed E-state index contributed by atoms with van der Waals surface area (Å²) in [5.74, 6) is 0.888. The summed E-state index contributed by atoms with van der Waals surface area (Å²) >= 11 is 1.38. The summed E-state index contributed by atoms with van der Waals surface area (Å²) in [5.41, 5.74) is 7.05. The first kappa shape index (κ1) is 14.2. The fourth-order valence-electron chi connectivity index (χ4n) is 1.57. The molecule has 0 spiro atoms. The highest BCUT2D eigenvalue weighted by molar-refractivity contribution is 8.00. The van der Waals surface area contributed by atoms with Crippen LogP contribution in [0.3, 0.4) is 0 Å².